The van der Waals surface area contributed by atoms with Gasteiger partial charge in [0.1, 0.15) is 5.70 Å². The Hall–Kier alpha value is -4.59. The average molecular weight is 503 g/mol. The third-order valence-electron chi connectivity index (χ3n) is 5.32. The van der Waals surface area contributed by atoms with Crippen LogP contribution in [0, 0.1) is 6.92 Å². The molecule has 0 unspecified atom stereocenters. The second kappa shape index (κ2) is 12.9. The molecule has 0 aliphatic heterocycles. The molecule has 2 N–H and O–H groups in total. The number of ether oxygens (including phenoxy) is 3. The molecule has 3 aromatic carbocycles. The van der Waals surface area contributed by atoms with Crippen LogP contribution in [0.15, 0.2) is 72.4 Å². The fraction of sp³-hybridized carbons (Fsp3) is 0.207. The number of hydrogen-bond donors (Lipinski definition) is 2. The summed E-state index contributed by atoms with van der Waals surface area (Å²) in [6.45, 7) is 6.48. The molecule has 0 aliphatic rings. The van der Waals surface area contributed by atoms with Gasteiger partial charge in [-0.1, -0.05) is 24.3 Å². The second-order valence-electron chi connectivity index (χ2n) is 7.92. The van der Waals surface area contributed by atoms with E-state index in [1.807, 2.05) is 32.9 Å². The van der Waals surface area contributed by atoms with Gasteiger partial charge in [0.15, 0.2) is 11.5 Å². The van der Waals surface area contributed by atoms with Crippen molar-refractivity contribution in [3.8, 4) is 11.5 Å². The molecule has 0 radical (unpaired) electrons. The molecule has 2 amide bonds. The molecule has 0 fully saturated rings. The molecule has 0 spiro atoms. The fourth-order valence-electron chi connectivity index (χ4n) is 3.51. The Morgan fingerprint density at radius 3 is 2.19 bits per heavy atom. The number of methoxy groups -OCH3 is 1. The average Bonchev–Trinajstić information content (AvgIpc) is 2.90. The number of esters is 1. The van der Waals surface area contributed by atoms with Crippen LogP contribution in [0.3, 0.4) is 0 Å². The lowest BCUT2D eigenvalue weighted by Crippen LogP contribution is -2.31. The molecule has 0 heterocycles. The SMILES string of the molecule is CCOc1ccc(C=C(NC(=O)c2ccccc2C)C(=O)Nc2ccc(C(=O)OC)cc2)cc1OCC. The first-order valence-corrected chi connectivity index (χ1v) is 11.8. The second-order valence-corrected chi connectivity index (χ2v) is 7.92. The van der Waals surface area contributed by atoms with Gasteiger partial charge in [0, 0.05) is 11.3 Å². The standard InChI is InChI=1S/C29H30N2O6/c1-5-36-25-16-11-20(18-26(25)37-6-2)17-24(31-27(32)23-10-8-7-9-19(23)3)28(33)30-22-14-12-21(13-15-22)29(34)35-4/h7-18H,5-6H2,1-4H3,(H,30,33)(H,31,32). The van der Waals surface area contributed by atoms with E-state index >= 15 is 0 Å². The predicted octanol–water partition coefficient (Wildman–Crippen LogP) is 4.99. The number of aryl methyl sites for hydroxylation is 1. The first-order chi connectivity index (χ1) is 17.9. The van der Waals surface area contributed by atoms with E-state index in [-0.39, 0.29) is 5.70 Å². The van der Waals surface area contributed by atoms with Gasteiger partial charge in [-0.25, -0.2) is 4.79 Å². The van der Waals surface area contributed by atoms with E-state index in [9.17, 15) is 14.4 Å². The molecule has 3 aromatic rings. The molecule has 0 saturated heterocycles. The summed E-state index contributed by atoms with van der Waals surface area (Å²) in [7, 11) is 1.30. The van der Waals surface area contributed by atoms with Crippen LogP contribution in [-0.4, -0.2) is 38.1 Å². The van der Waals surface area contributed by atoms with Crippen LogP contribution < -0.4 is 20.1 Å². The van der Waals surface area contributed by atoms with Gasteiger partial charge in [-0.05, 0) is 80.4 Å². The van der Waals surface area contributed by atoms with Crippen molar-refractivity contribution in [2.24, 2.45) is 0 Å². The van der Waals surface area contributed by atoms with E-state index in [4.69, 9.17) is 14.2 Å². The lowest BCUT2D eigenvalue weighted by atomic mass is 10.1. The topological polar surface area (TPSA) is 103 Å². The molecule has 0 aliphatic carbocycles. The lowest BCUT2D eigenvalue weighted by Gasteiger charge is -2.14. The van der Waals surface area contributed by atoms with E-state index in [1.165, 1.54) is 19.2 Å². The monoisotopic (exact) mass is 502 g/mol. The Labute approximate surface area is 216 Å². The minimum atomic E-state index is -0.542. The van der Waals surface area contributed by atoms with Crippen molar-refractivity contribution in [2.75, 3.05) is 25.6 Å². The lowest BCUT2D eigenvalue weighted by molar-refractivity contribution is -0.113. The van der Waals surface area contributed by atoms with E-state index in [1.54, 1.807) is 48.5 Å². The molecule has 3 rings (SSSR count). The van der Waals surface area contributed by atoms with Gasteiger partial charge in [-0.3, -0.25) is 9.59 Å². The van der Waals surface area contributed by atoms with Gasteiger partial charge in [0.25, 0.3) is 11.8 Å². The Kier molecular flexibility index (Phi) is 9.43. The van der Waals surface area contributed by atoms with Crippen molar-refractivity contribution in [3.05, 3.63) is 94.7 Å². The van der Waals surface area contributed by atoms with E-state index in [0.29, 0.717) is 47.1 Å². The highest BCUT2D eigenvalue weighted by Gasteiger charge is 2.17. The first kappa shape index (κ1) is 27.0. The summed E-state index contributed by atoms with van der Waals surface area (Å²) in [5, 5.41) is 5.50. The predicted molar refractivity (Wildman–Crippen MR) is 142 cm³/mol. The third-order valence-corrected chi connectivity index (χ3v) is 5.32. The van der Waals surface area contributed by atoms with Gasteiger partial charge < -0.3 is 24.8 Å². The van der Waals surface area contributed by atoms with Crippen LogP contribution in [0.4, 0.5) is 5.69 Å². The van der Waals surface area contributed by atoms with Crippen molar-refractivity contribution in [2.45, 2.75) is 20.8 Å². The Balaban J connectivity index is 1.94. The minimum absolute atomic E-state index is 0.0249. The zero-order valence-electron chi connectivity index (χ0n) is 21.3. The minimum Gasteiger partial charge on any atom is -0.490 e. The van der Waals surface area contributed by atoms with Gasteiger partial charge >= 0.3 is 5.97 Å². The molecule has 192 valence electrons. The molecular formula is C29H30N2O6. The zero-order chi connectivity index (χ0) is 26.8. The number of amides is 2. The highest BCUT2D eigenvalue weighted by Crippen LogP contribution is 2.29. The van der Waals surface area contributed by atoms with E-state index < -0.39 is 17.8 Å². The van der Waals surface area contributed by atoms with Gasteiger partial charge in [0.05, 0.1) is 25.9 Å². The maximum atomic E-state index is 13.3. The molecule has 37 heavy (non-hydrogen) atoms. The van der Waals surface area contributed by atoms with Crippen molar-refractivity contribution < 1.29 is 28.6 Å². The number of benzene rings is 3. The molecule has 0 bridgehead atoms. The van der Waals surface area contributed by atoms with Gasteiger partial charge in [-0.15, -0.1) is 0 Å². The largest absolute Gasteiger partial charge is 0.490 e. The highest BCUT2D eigenvalue weighted by molar-refractivity contribution is 6.11. The quantitative estimate of drug-likeness (QED) is 0.299. The normalized spacial score (nSPS) is 10.9. The van der Waals surface area contributed by atoms with Crippen molar-refractivity contribution in [3.63, 3.8) is 0 Å². The van der Waals surface area contributed by atoms with Crippen LogP contribution in [0.5, 0.6) is 11.5 Å². The Morgan fingerprint density at radius 1 is 0.865 bits per heavy atom. The Bertz CT molecular complexity index is 1300. The third kappa shape index (κ3) is 7.20. The summed E-state index contributed by atoms with van der Waals surface area (Å²) in [4.78, 5) is 38.0. The van der Waals surface area contributed by atoms with E-state index in [2.05, 4.69) is 10.6 Å². The molecule has 8 heteroatoms. The first-order valence-electron chi connectivity index (χ1n) is 11.8. The number of rotatable bonds is 10. The summed E-state index contributed by atoms with van der Waals surface area (Å²) in [6, 6.07) is 18.6. The molecule has 8 nitrogen and oxygen atoms in total. The fourth-order valence-corrected chi connectivity index (χ4v) is 3.51. The molecular weight excluding hydrogens is 472 g/mol. The number of nitrogens with one attached hydrogen (secondary N) is 2. The van der Waals surface area contributed by atoms with Gasteiger partial charge in [0.2, 0.25) is 0 Å². The summed E-state index contributed by atoms with van der Waals surface area (Å²) in [5.41, 5.74) is 2.67. The number of carbonyl (C=O) groups is 3. The number of anilines is 1. The molecule has 0 saturated carbocycles. The molecule has 0 atom stereocenters. The van der Waals surface area contributed by atoms with Crippen LogP contribution in [-0.2, 0) is 9.53 Å². The summed E-state index contributed by atoms with van der Waals surface area (Å²) in [6.07, 6.45) is 1.56. The smallest absolute Gasteiger partial charge is 0.337 e. The summed E-state index contributed by atoms with van der Waals surface area (Å²) >= 11 is 0. The van der Waals surface area contributed by atoms with Crippen LogP contribution in [0.1, 0.15) is 45.7 Å². The van der Waals surface area contributed by atoms with Crippen molar-refractivity contribution in [1.29, 1.82) is 0 Å². The van der Waals surface area contributed by atoms with Crippen molar-refractivity contribution in [1.82, 2.24) is 5.32 Å². The maximum absolute atomic E-state index is 13.3. The number of hydrogen-bond acceptors (Lipinski definition) is 6. The van der Waals surface area contributed by atoms with Gasteiger partial charge in [-0.2, -0.15) is 0 Å². The van der Waals surface area contributed by atoms with Crippen LogP contribution >= 0.6 is 0 Å². The highest BCUT2D eigenvalue weighted by atomic mass is 16.5. The maximum Gasteiger partial charge on any atom is 0.337 e. The number of carbonyl (C=O) groups excluding carboxylic acids is 3. The van der Waals surface area contributed by atoms with E-state index in [0.717, 1.165) is 5.56 Å². The Morgan fingerprint density at radius 2 is 1.54 bits per heavy atom. The molecule has 0 aromatic heterocycles. The zero-order valence-corrected chi connectivity index (χ0v) is 21.3. The van der Waals surface area contributed by atoms with Crippen molar-refractivity contribution >= 4 is 29.5 Å². The summed E-state index contributed by atoms with van der Waals surface area (Å²) < 4.78 is 16.0. The summed E-state index contributed by atoms with van der Waals surface area (Å²) in [5.74, 6) is -0.329. The van der Waals surface area contributed by atoms with Crippen LogP contribution in [0.25, 0.3) is 6.08 Å². The van der Waals surface area contributed by atoms with Crippen LogP contribution in [0.2, 0.25) is 0 Å².